The van der Waals surface area contributed by atoms with Gasteiger partial charge in [0.05, 0.1) is 5.03 Å². The fourth-order valence-electron chi connectivity index (χ4n) is 0.284. The Balaban J connectivity index is 0. The lowest BCUT2D eigenvalue weighted by atomic mass is 10.6. The van der Waals surface area contributed by atoms with Crippen LogP contribution in [0.1, 0.15) is 0 Å². The highest BCUT2D eigenvalue weighted by atomic mass is 35.5. The molecule has 0 spiro atoms. The molecule has 1 N–H and O–H groups in total. The molecule has 0 aromatic heterocycles. The molecule has 0 aliphatic carbocycles. The standard InChI is InChI=1S/C5H9ClN2.ClH/c1-8(2)4-5(6)3-7;/h3-4,7H,1-2H3;1H. The minimum absolute atomic E-state index is 0. The molecular weight excluding hydrogens is 159 g/mol. The normalized spacial score (nSPS) is 9.89. The highest BCUT2D eigenvalue weighted by Gasteiger charge is 1.82. The van der Waals surface area contributed by atoms with E-state index in [9.17, 15) is 0 Å². The summed E-state index contributed by atoms with van der Waals surface area (Å²) in [5, 5.41) is 7.09. The first-order chi connectivity index (χ1) is 3.66. The first-order valence-electron chi connectivity index (χ1n) is 2.21. The van der Waals surface area contributed by atoms with Crippen molar-refractivity contribution < 1.29 is 0 Å². The SMILES string of the molecule is CN(C)C=C(Cl)C=N.Cl. The monoisotopic (exact) mass is 168 g/mol. The second-order valence-corrected chi connectivity index (χ2v) is 2.06. The van der Waals surface area contributed by atoms with Crippen LogP contribution in [0, 0.1) is 5.41 Å². The van der Waals surface area contributed by atoms with Crippen molar-refractivity contribution in [3.05, 3.63) is 11.2 Å². The van der Waals surface area contributed by atoms with Gasteiger partial charge in [0.15, 0.2) is 0 Å². The molecule has 0 aromatic rings. The Hall–Kier alpha value is -0.210. The molecular formula is C5H10Cl2N2. The first kappa shape index (κ1) is 11.6. The molecule has 9 heavy (non-hydrogen) atoms. The third-order valence-corrected chi connectivity index (χ3v) is 0.726. The van der Waals surface area contributed by atoms with E-state index in [1.54, 1.807) is 11.1 Å². The average Bonchev–Trinajstić information content (AvgIpc) is 1.65. The first-order valence-corrected chi connectivity index (χ1v) is 2.59. The molecule has 0 fully saturated rings. The predicted octanol–water partition coefficient (Wildman–Crippen LogP) is 1.70. The molecule has 0 aliphatic rings. The number of nitrogens with one attached hydrogen (secondary N) is 1. The van der Waals surface area contributed by atoms with Crippen LogP contribution in [0.3, 0.4) is 0 Å². The van der Waals surface area contributed by atoms with Crippen molar-refractivity contribution >= 4 is 30.2 Å². The Morgan fingerprint density at radius 2 is 2.00 bits per heavy atom. The van der Waals surface area contributed by atoms with E-state index in [2.05, 4.69) is 0 Å². The molecule has 0 aliphatic heterocycles. The summed E-state index contributed by atoms with van der Waals surface area (Å²) in [6.45, 7) is 0. The number of nitrogens with zero attached hydrogens (tertiary/aromatic N) is 1. The van der Waals surface area contributed by atoms with Gasteiger partial charge in [-0.3, -0.25) is 0 Å². The van der Waals surface area contributed by atoms with Gasteiger partial charge in [0.25, 0.3) is 0 Å². The van der Waals surface area contributed by atoms with E-state index >= 15 is 0 Å². The third kappa shape index (κ3) is 7.79. The fraction of sp³-hybridized carbons (Fsp3) is 0.400. The van der Waals surface area contributed by atoms with Crippen LogP contribution in [0.25, 0.3) is 0 Å². The van der Waals surface area contributed by atoms with Gasteiger partial charge >= 0.3 is 0 Å². The molecule has 0 aromatic carbocycles. The second kappa shape index (κ2) is 5.92. The van der Waals surface area contributed by atoms with Gasteiger partial charge in [-0.1, -0.05) is 11.6 Å². The Labute approximate surface area is 66.4 Å². The highest BCUT2D eigenvalue weighted by molar-refractivity contribution is 6.38. The lowest BCUT2D eigenvalue weighted by Gasteiger charge is -2.02. The Morgan fingerprint density at radius 1 is 1.56 bits per heavy atom. The maximum atomic E-state index is 6.65. The van der Waals surface area contributed by atoms with Gasteiger partial charge in [-0.2, -0.15) is 0 Å². The summed E-state index contributed by atoms with van der Waals surface area (Å²) >= 11 is 5.44. The van der Waals surface area contributed by atoms with E-state index in [4.69, 9.17) is 17.0 Å². The van der Waals surface area contributed by atoms with Crippen LogP contribution in [0.15, 0.2) is 11.2 Å². The van der Waals surface area contributed by atoms with E-state index in [-0.39, 0.29) is 12.4 Å². The van der Waals surface area contributed by atoms with Crippen molar-refractivity contribution in [2.45, 2.75) is 0 Å². The summed E-state index contributed by atoms with van der Waals surface area (Å²) in [6.07, 6.45) is 2.76. The molecule has 0 rings (SSSR count). The van der Waals surface area contributed by atoms with E-state index < -0.39 is 0 Å². The van der Waals surface area contributed by atoms with Crippen LogP contribution in [-0.4, -0.2) is 25.2 Å². The van der Waals surface area contributed by atoms with Gasteiger partial charge in [-0.15, -0.1) is 12.4 Å². The third-order valence-electron chi connectivity index (χ3n) is 0.519. The largest absolute Gasteiger partial charge is 0.382 e. The van der Waals surface area contributed by atoms with Crippen LogP contribution in [0.2, 0.25) is 0 Å². The summed E-state index contributed by atoms with van der Waals surface area (Å²) in [7, 11) is 3.71. The maximum absolute atomic E-state index is 6.65. The number of allylic oxidation sites excluding steroid dienone is 1. The van der Waals surface area contributed by atoms with Gasteiger partial charge in [-0.05, 0) is 0 Å². The van der Waals surface area contributed by atoms with Crippen molar-refractivity contribution in [3.8, 4) is 0 Å². The summed E-state index contributed by atoms with van der Waals surface area (Å²) in [5.74, 6) is 0. The summed E-state index contributed by atoms with van der Waals surface area (Å²) in [4.78, 5) is 1.79. The quantitative estimate of drug-likeness (QED) is 0.625. The number of hydrogen-bond acceptors (Lipinski definition) is 2. The van der Waals surface area contributed by atoms with E-state index in [1.165, 1.54) is 0 Å². The van der Waals surface area contributed by atoms with Crippen molar-refractivity contribution in [2.75, 3.05) is 14.1 Å². The lowest BCUT2D eigenvalue weighted by molar-refractivity contribution is 0.563. The molecule has 2 nitrogen and oxygen atoms in total. The number of halogens is 2. The number of rotatable bonds is 2. The van der Waals surface area contributed by atoms with Gasteiger partial charge < -0.3 is 10.3 Å². The molecule has 0 amide bonds. The van der Waals surface area contributed by atoms with Crippen molar-refractivity contribution in [3.63, 3.8) is 0 Å². The Morgan fingerprint density at radius 3 is 2.11 bits per heavy atom. The average molecular weight is 169 g/mol. The van der Waals surface area contributed by atoms with Crippen LogP contribution in [0.5, 0.6) is 0 Å². The zero-order valence-electron chi connectivity index (χ0n) is 5.39. The molecule has 0 heterocycles. The summed E-state index contributed by atoms with van der Waals surface area (Å²) in [6, 6.07) is 0. The molecule has 0 unspecified atom stereocenters. The summed E-state index contributed by atoms with van der Waals surface area (Å²) < 4.78 is 0. The van der Waals surface area contributed by atoms with E-state index in [1.807, 2.05) is 14.1 Å². The van der Waals surface area contributed by atoms with Crippen LogP contribution >= 0.6 is 24.0 Å². The van der Waals surface area contributed by atoms with Crippen LogP contribution in [-0.2, 0) is 0 Å². The smallest absolute Gasteiger partial charge is 0.0739 e. The molecule has 0 saturated carbocycles. The minimum Gasteiger partial charge on any atom is -0.382 e. The zero-order chi connectivity index (χ0) is 6.57. The molecule has 0 bridgehead atoms. The molecule has 4 heteroatoms. The number of hydrogen-bond donors (Lipinski definition) is 1. The Bertz CT molecular complexity index is 110. The van der Waals surface area contributed by atoms with Crippen LogP contribution < -0.4 is 0 Å². The predicted molar refractivity (Wildman–Crippen MR) is 43.7 cm³/mol. The lowest BCUT2D eigenvalue weighted by Crippen LogP contribution is -2.01. The molecule has 0 atom stereocenters. The molecule has 0 radical (unpaired) electrons. The van der Waals surface area contributed by atoms with E-state index in [0.717, 1.165) is 6.21 Å². The van der Waals surface area contributed by atoms with Crippen LogP contribution in [0.4, 0.5) is 0 Å². The van der Waals surface area contributed by atoms with Gasteiger partial charge in [0, 0.05) is 26.5 Å². The molecule has 54 valence electrons. The van der Waals surface area contributed by atoms with Gasteiger partial charge in [-0.25, -0.2) is 0 Å². The van der Waals surface area contributed by atoms with Crippen molar-refractivity contribution in [1.82, 2.24) is 4.90 Å². The van der Waals surface area contributed by atoms with E-state index in [0.29, 0.717) is 5.03 Å². The van der Waals surface area contributed by atoms with Crippen molar-refractivity contribution in [2.24, 2.45) is 0 Å². The van der Waals surface area contributed by atoms with Crippen molar-refractivity contribution in [1.29, 1.82) is 5.41 Å². The Kier molecular flexibility index (Phi) is 7.61. The second-order valence-electron chi connectivity index (χ2n) is 1.62. The van der Waals surface area contributed by atoms with Gasteiger partial charge in [0.2, 0.25) is 0 Å². The minimum atomic E-state index is 0. The maximum Gasteiger partial charge on any atom is 0.0739 e. The molecule has 0 saturated heterocycles. The van der Waals surface area contributed by atoms with Gasteiger partial charge in [0.1, 0.15) is 0 Å². The fourth-order valence-corrected chi connectivity index (χ4v) is 0.479. The zero-order valence-corrected chi connectivity index (χ0v) is 6.96. The topological polar surface area (TPSA) is 27.1 Å². The highest BCUT2D eigenvalue weighted by Crippen LogP contribution is 1.95. The summed E-state index contributed by atoms with van der Waals surface area (Å²) in [5.41, 5.74) is 0.